The number of rotatable bonds is 5. The van der Waals surface area contributed by atoms with E-state index in [1.165, 1.54) is 0 Å². The molecular weight excluding hydrogens is 248 g/mol. The van der Waals surface area contributed by atoms with Crippen LogP contribution in [0.5, 0.6) is 0 Å². The van der Waals surface area contributed by atoms with Crippen LogP contribution in [0.15, 0.2) is 24.3 Å². The summed E-state index contributed by atoms with van der Waals surface area (Å²) < 4.78 is 0. The highest BCUT2D eigenvalue weighted by atomic mass is 16.1. The Bertz CT molecular complexity index is 441. The van der Waals surface area contributed by atoms with Gasteiger partial charge >= 0.3 is 0 Å². The van der Waals surface area contributed by atoms with Gasteiger partial charge in [-0.15, -0.1) is 0 Å². The van der Waals surface area contributed by atoms with Crippen molar-refractivity contribution < 1.29 is 4.79 Å². The summed E-state index contributed by atoms with van der Waals surface area (Å²) in [5, 5.41) is 3.12. The van der Waals surface area contributed by atoms with Crippen molar-refractivity contribution >= 4 is 5.91 Å². The molecule has 0 aliphatic carbocycles. The second-order valence-electron chi connectivity index (χ2n) is 7.31. The van der Waals surface area contributed by atoms with Crippen molar-refractivity contribution in [1.29, 1.82) is 0 Å². The van der Waals surface area contributed by atoms with Crippen molar-refractivity contribution in [3.63, 3.8) is 0 Å². The lowest BCUT2D eigenvalue weighted by atomic mass is 9.81. The minimum Gasteiger partial charge on any atom is -0.347 e. The van der Waals surface area contributed by atoms with Crippen LogP contribution in [0, 0.1) is 5.41 Å². The number of hydrogen-bond acceptors (Lipinski definition) is 2. The van der Waals surface area contributed by atoms with Gasteiger partial charge < -0.3 is 11.1 Å². The first-order valence-electron chi connectivity index (χ1n) is 7.24. The Morgan fingerprint density at radius 2 is 1.65 bits per heavy atom. The zero-order valence-corrected chi connectivity index (χ0v) is 13.4. The van der Waals surface area contributed by atoms with E-state index in [1.54, 1.807) is 0 Å². The molecule has 1 rings (SSSR count). The second kappa shape index (κ2) is 6.40. The molecule has 1 amide bonds. The van der Waals surface area contributed by atoms with Crippen LogP contribution < -0.4 is 11.1 Å². The van der Waals surface area contributed by atoms with Crippen LogP contribution in [-0.4, -0.2) is 18.0 Å². The maximum absolute atomic E-state index is 12.3. The Morgan fingerprint density at radius 3 is 2.10 bits per heavy atom. The topological polar surface area (TPSA) is 55.1 Å². The first-order chi connectivity index (χ1) is 9.13. The van der Waals surface area contributed by atoms with Gasteiger partial charge in [0.1, 0.15) is 0 Å². The molecule has 0 fully saturated rings. The number of nitrogens with two attached hydrogens (primary N) is 1. The van der Waals surface area contributed by atoms with Crippen molar-refractivity contribution in [2.75, 3.05) is 6.54 Å². The third-order valence-electron chi connectivity index (χ3n) is 3.07. The molecular formula is C17H28N2O. The third kappa shape index (κ3) is 5.74. The van der Waals surface area contributed by atoms with Crippen molar-refractivity contribution in [3.8, 4) is 0 Å². The van der Waals surface area contributed by atoms with Crippen LogP contribution in [0.3, 0.4) is 0 Å². The Kier molecular flexibility index (Phi) is 5.35. The molecule has 1 aromatic carbocycles. The fraction of sp³-hybridized carbons (Fsp3) is 0.588. The molecule has 3 nitrogen and oxygen atoms in total. The van der Waals surface area contributed by atoms with Gasteiger partial charge in [-0.05, 0) is 56.3 Å². The summed E-state index contributed by atoms with van der Waals surface area (Å²) in [6.07, 6.45) is 1.77. The van der Waals surface area contributed by atoms with Gasteiger partial charge in [0.2, 0.25) is 0 Å². The van der Waals surface area contributed by atoms with Crippen LogP contribution in [0.4, 0.5) is 0 Å². The minimum absolute atomic E-state index is 0.0152. The molecule has 0 aliphatic rings. The Morgan fingerprint density at radius 1 is 1.10 bits per heavy atom. The fourth-order valence-corrected chi connectivity index (χ4v) is 2.74. The fourth-order valence-electron chi connectivity index (χ4n) is 2.74. The Hall–Kier alpha value is -1.35. The highest BCUT2D eigenvalue weighted by Crippen LogP contribution is 2.27. The number of nitrogens with one attached hydrogen (secondary N) is 1. The van der Waals surface area contributed by atoms with Gasteiger partial charge in [-0.25, -0.2) is 0 Å². The maximum Gasteiger partial charge on any atom is 0.251 e. The highest BCUT2D eigenvalue weighted by molar-refractivity contribution is 5.94. The second-order valence-corrected chi connectivity index (χ2v) is 7.31. The Balaban J connectivity index is 2.70. The van der Waals surface area contributed by atoms with Crippen molar-refractivity contribution in [3.05, 3.63) is 35.4 Å². The average Bonchev–Trinajstić information content (AvgIpc) is 2.26. The van der Waals surface area contributed by atoms with Crippen molar-refractivity contribution in [1.82, 2.24) is 5.32 Å². The first kappa shape index (κ1) is 16.7. The molecule has 20 heavy (non-hydrogen) atoms. The predicted molar refractivity (Wildman–Crippen MR) is 84.8 cm³/mol. The summed E-state index contributed by atoms with van der Waals surface area (Å²) in [6.45, 7) is 11.3. The third-order valence-corrected chi connectivity index (χ3v) is 3.07. The molecule has 3 N–H and O–H groups in total. The van der Waals surface area contributed by atoms with Gasteiger partial charge in [-0.1, -0.05) is 32.9 Å². The normalized spacial score (nSPS) is 12.3. The number of amides is 1. The summed E-state index contributed by atoms with van der Waals surface area (Å²) in [5.74, 6) is -0.0152. The zero-order chi connectivity index (χ0) is 15.4. The summed E-state index contributed by atoms with van der Waals surface area (Å²) >= 11 is 0. The van der Waals surface area contributed by atoms with Crippen LogP contribution in [0.1, 0.15) is 57.0 Å². The van der Waals surface area contributed by atoms with E-state index in [-0.39, 0.29) is 16.9 Å². The monoisotopic (exact) mass is 276 g/mol. The summed E-state index contributed by atoms with van der Waals surface area (Å²) in [6, 6.07) is 7.68. The van der Waals surface area contributed by atoms with E-state index in [2.05, 4.69) is 39.9 Å². The molecule has 0 spiro atoms. The number of hydrogen-bond donors (Lipinski definition) is 2. The molecule has 0 saturated heterocycles. The molecule has 0 radical (unpaired) electrons. The maximum atomic E-state index is 12.3. The van der Waals surface area contributed by atoms with Crippen molar-refractivity contribution in [2.24, 2.45) is 11.1 Å². The molecule has 0 aliphatic heterocycles. The van der Waals surface area contributed by atoms with Gasteiger partial charge in [0.25, 0.3) is 5.91 Å². The smallest absolute Gasteiger partial charge is 0.251 e. The molecule has 0 saturated carbocycles. The molecule has 3 heteroatoms. The molecule has 112 valence electrons. The number of carbonyl (C=O) groups excluding carboxylic acids is 1. The number of benzene rings is 1. The molecule has 0 aromatic heterocycles. The van der Waals surface area contributed by atoms with Gasteiger partial charge in [0.05, 0.1) is 0 Å². The molecule has 0 bridgehead atoms. The van der Waals surface area contributed by atoms with Crippen LogP contribution in [0.2, 0.25) is 0 Å². The highest BCUT2D eigenvalue weighted by Gasteiger charge is 2.27. The lowest BCUT2D eigenvalue weighted by Crippen LogP contribution is -2.45. The van der Waals surface area contributed by atoms with Crippen LogP contribution in [-0.2, 0) is 6.42 Å². The van der Waals surface area contributed by atoms with E-state index in [1.807, 2.05) is 24.3 Å². The van der Waals surface area contributed by atoms with Gasteiger partial charge in [-0.3, -0.25) is 4.79 Å². The first-order valence-corrected chi connectivity index (χ1v) is 7.24. The quantitative estimate of drug-likeness (QED) is 0.868. The van der Waals surface area contributed by atoms with Gasteiger partial charge in [0, 0.05) is 11.1 Å². The van der Waals surface area contributed by atoms with Gasteiger partial charge in [-0.2, -0.15) is 0 Å². The SMILES string of the molecule is CC(C)(C)CC(C)(C)NC(=O)c1ccc(CCN)cc1. The molecule has 0 heterocycles. The van der Waals surface area contributed by atoms with E-state index in [0.29, 0.717) is 12.1 Å². The average molecular weight is 276 g/mol. The predicted octanol–water partition coefficient (Wildman–Crippen LogP) is 3.13. The van der Waals surface area contributed by atoms with Crippen LogP contribution in [0.25, 0.3) is 0 Å². The standard InChI is InChI=1S/C17H28N2O/c1-16(2,3)12-17(4,5)19-15(20)14-8-6-13(7-9-14)10-11-18/h6-9H,10-12,18H2,1-5H3,(H,19,20). The van der Waals surface area contributed by atoms with E-state index >= 15 is 0 Å². The van der Waals surface area contributed by atoms with Crippen molar-refractivity contribution in [2.45, 2.75) is 53.0 Å². The summed E-state index contributed by atoms with van der Waals surface area (Å²) in [4.78, 5) is 12.3. The number of carbonyl (C=O) groups is 1. The molecule has 0 unspecified atom stereocenters. The lowest BCUT2D eigenvalue weighted by Gasteiger charge is -2.33. The minimum atomic E-state index is -0.217. The van der Waals surface area contributed by atoms with E-state index in [4.69, 9.17) is 5.73 Å². The summed E-state index contributed by atoms with van der Waals surface area (Å²) in [5.41, 5.74) is 7.35. The van der Waals surface area contributed by atoms with Gasteiger partial charge in [0.15, 0.2) is 0 Å². The molecule has 1 aromatic rings. The Labute approximate surface area is 122 Å². The zero-order valence-electron chi connectivity index (χ0n) is 13.4. The summed E-state index contributed by atoms with van der Waals surface area (Å²) in [7, 11) is 0. The molecule has 0 atom stereocenters. The largest absolute Gasteiger partial charge is 0.347 e. The lowest BCUT2D eigenvalue weighted by molar-refractivity contribution is 0.0891. The van der Waals surface area contributed by atoms with E-state index in [0.717, 1.165) is 18.4 Å². The van der Waals surface area contributed by atoms with E-state index in [9.17, 15) is 4.79 Å². The van der Waals surface area contributed by atoms with E-state index < -0.39 is 0 Å². The van der Waals surface area contributed by atoms with Crippen LogP contribution >= 0.6 is 0 Å².